The number of rotatable bonds is 3. The van der Waals surface area contributed by atoms with Gasteiger partial charge in [-0.1, -0.05) is 0 Å². The number of nitrogens with one attached hydrogen (secondary N) is 1. The van der Waals surface area contributed by atoms with Gasteiger partial charge in [0.05, 0.1) is 24.3 Å². The van der Waals surface area contributed by atoms with Gasteiger partial charge in [-0.3, -0.25) is 4.72 Å². The molecule has 4 rings (SSSR count). The highest BCUT2D eigenvalue weighted by Gasteiger charge is 2.21. The highest BCUT2D eigenvalue weighted by atomic mass is 32.2. The van der Waals surface area contributed by atoms with E-state index < -0.39 is 10.0 Å². The van der Waals surface area contributed by atoms with Crippen molar-refractivity contribution in [3.05, 3.63) is 41.7 Å². The van der Waals surface area contributed by atoms with Gasteiger partial charge in [-0.2, -0.15) is 14.9 Å². The lowest BCUT2D eigenvalue weighted by molar-refractivity contribution is 0.297. The number of hydrogen-bond donors (Lipinski definition) is 1. The van der Waals surface area contributed by atoms with E-state index in [1.807, 2.05) is 6.07 Å². The number of hydrogen-bond acceptors (Lipinski definition) is 7. The standard InChI is InChI=1S/C17H15N5O4S/c1-11-7-16(22-17(20-11)12(9-18)10-19-22)21-27(23,24)13-3-4-14-15(8-13)26-6-2-5-25-14/h3-4,7-8,10,21H,2,5-6H2,1H3. The van der Waals surface area contributed by atoms with E-state index >= 15 is 0 Å². The summed E-state index contributed by atoms with van der Waals surface area (Å²) in [6.45, 7) is 2.68. The lowest BCUT2D eigenvalue weighted by atomic mass is 10.3. The van der Waals surface area contributed by atoms with Gasteiger partial charge in [0.2, 0.25) is 0 Å². The first-order valence-electron chi connectivity index (χ1n) is 8.16. The Kier molecular flexibility index (Phi) is 4.08. The number of benzene rings is 1. The van der Waals surface area contributed by atoms with E-state index in [9.17, 15) is 8.42 Å². The van der Waals surface area contributed by atoms with E-state index in [-0.39, 0.29) is 21.9 Å². The van der Waals surface area contributed by atoms with Crippen LogP contribution in [0.1, 0.15) is 17.7 Å². The maximum atomic E-state index is 12.9. The van der Waals surface area contributed by atoms with Crippen LogP contribution < -0.4 is 14.2 Å². The van der Waals surface area contributed by atoms with Crippen molar-refractivity contribution < 1.29 is 17.9 Å². The predicted octanol–water partition coefficient (Wildman–Crippen LogP) is 1.87. The summed E-state index contributed by atoms with van der Waals surface area (Å²) >= 11 is 0. The average Bonchev–Trinajstić information content (AvgIpc) is 2.90. The number of sulfonamides is 1. The molecule has 0 spiro atoms. The first-order valence-corrected chi connectivity index (χ1v) is 9.64. The third-order valence-corrected chi connectivity index (χ3v) is 5.34. The minimum absolute atomic E-state index is 0.0297. The lowest BCUT2D eigenvalue weighted by Crippen LogP contribution is -2.16. The largest absolute Gasteiger partial charge is 0.490 e. The van der Waals surface area contributed by atoms with E-state index in [0.717, 1.165) is 6.42 Å². The highest BCUT2D eigenvalue weighted by molar-refractivity contribution is 7.92. The van der Waals surface area contributed by atoms with Crippen molar-refractivity contribution in [1.29, 1.82) is 5.26 Å². The molecule has 0 atom stereocenters. The van der Waals surface area contributed by atoms with Gasteiger partial charge < -0.3 is 9.47 Å². The molecule has 138 valence electrons. The Bertz CT molecular complexity index is 1180. The van der Waals surface area contributed by atoms with Crippen LogP contribution in [0.3, 0.4) is 0 Å². The molecule has 0 bridgehead atoms. The number of fused-ring (bicyclic) bond motifs is 2. The molecule has 1 aliphatic rings. The monoisotopic (exact) mass is 385 g/mol. The summed E-state index contributed by atoms with van der Waals surface area (Å²) in [5, 5.41) is 13.2. The molecule has 1 N–H and O–H groups in total. The summed E-state index contributed by atoms with van der Waals surface area (Å²) in [5.74, 6) is 1.09. The Labute approximate surface area is 155 Å². The zero-order valence-electron chi connectivity index (χ0n) is 14.3. The first kappa shape index (κ1) is 17.1. The molecule has 3 aromatic rings. The van der Waals surface area contributed by atoms with Crippen LogP contribution in [-0.4, -0.2) is 36.2 Å². The number of aromatic nitrogens is 3. The summed E-state index contributed by atoms with van der Waals surface area (Å²) in [4.78, 5) is 4.27. The quantitative estimate of drug-likeness (QED) is 0.731. The SMILES string of the molecule is Cc1cc(NS(=O)(=O)c2ccc3c(c2)OCCCO3)n2ncc(C#N)c2n1. The number of aryl methyl sites for hydroxylation is 1. The Balaban J connectivity index is 1.74. The Morgan fingerprint density at radius 2 is 2.00 bits per heavy atom. The second kappa shape index (κ2) is 6.44. The predicted molar refractivity (Wildman–Crippen MR) is 95.3 cm³/mol. The Morgan fingerprint density at radius 1 is 1.22 bits per heavy atom. The molecule has 0 unspecified atom stereocenters. The fourth-order valence-corrected chi connectivity index (χ4v) is 3.79. The molecule has 2 aromatic heterocycles. The number of ether oxygens (including phenoxy) is 2. The number of nitrogens with zero attached hydrogens (tertiary/aromatic N) is 4. The van der Waals surface area contributed by atoms with Crippen LogP contribution in [0, 0.1) is 18.3 Å². The topological polar surface area (TPSA) is 119 Å². The van der Waals surface area contributed by atoms with Gasteiger partial charge in [0.25, 0.3) is 10.0 Å². The van der Waals surface area contributed by atoms with E-state index in [0.29, 0.717) is 30.4 Å². The minimum Gasteiger partial charge on any atom is -0.490 e. The Hall–Kier alpha value is -3.32. The second-order valence-electron chi connectivity index (χ2n) is 5.95. The molecule has 0 saturated heterocycles. The van der Waals surface area contributed by atoms with Gasteiger partial charge >= 0.3 is 0 Å². The molecular formula is C17H15N5O4S. The fraction of sp³-hybridized carbons (Fsp3) is 0.235. The van der Waals surface area contributed by atoms with E-state index in [1.54, 1.807) is 19.1 Å². The smallest absolute Gasteiger partial charge is 0.263 e. The molecule has 0 saturated carbocycles. The summed E-state index contributed by atoms with van der Waals surface area (Å²) < 4.78 is 40.6. The third-order valence-electron chi connectivity index (χ3n) is 3.99. The first-order chi connectivity index (χ1) is 13.0. The third kappa shape index (κ3) is 3.13. The van der Waals surface area contributed by atoms with Crippen LogP contribution in [0.5, 0.6) is 11.5 Å². The molecule has 0 radical (unpaired) electrons. The Morgan fingerprint density at radius 3 is 2.78 bits per heavy atom. The summed E-state index contributed by atoms with van der Waals surface area (Å²) in [5.41, 5.74) is 1.10. The van der Waals surface area contributed by atoms with E-state index in [1.165, 1.54) is 22.8 Å². The van der Waals surface area contributed by atoms with Crippen LogP contribution in [-0.2, 0) is 10.0 Å². The normalized spacial score (nSPS) is 13.8. The van der Waals surface area contributed by atoms with Gasteiger partial charge in [0.15, 0.2) is 17.1 Å². The minimum atomic E-state index is -3.92. The molecule has 0 fully saturated rings. The second-order valence-corrected chi connectivity index (χ2v) is 7.64. The summed E-state index contributed by atoms with van der Waals surface area (Å²) in [6.07, 6.45) is 2.07. The van der Waals surface area contributed by atoms with Gasteiger partial charge in [0, 0.05) is 24.2 Å². The summed E-state index contributed by atoms with van der Waals surface area (Å²) in [6, 6.07) is 7.98. The van der Waals surface area contributed by atoms with Crippen LogP contribution in [0.2, 0.25) is 0 Å². The van der Waals surface area contributed by atoms with Crippen LogP contribution in [0.25, 0.3) is 5.65 Å². The van der Waals surface area contributed by atoms with Gasteiger partial charge in [-0.05, 0) is 19.1 Å². The fourth-order valence-electron chi connectivity index (χ4n) is 2.74. The maximum Gasteiger partial charge on any atom is 0.263 e. The van der Waals surface area contributed by atoms with E-state index in [4.69, 9.17) is 14.7 Å². The van der Waals surface area contributed by atoms with E-state index in [2.05, 4.69) is 14.8 Å². The molecule has 10 heteroatoms. The van der Waals surface area contributed by atoms with Crippen LogP contribution in [0.4, 0.5) is 5.82 Å². The van der Waals surface area contributed by atoms with Crippen LogP contribution in [0.15, 0.2) is 35.4 Å². The van der Waals surface area contributed by atoms with Crippen molar-refractivity contribution in [2.75, 3.05) is 17.9 Å². The van der Waals surface area contributed by atoms with Crippen molar-refractivity contribution >= 4 is 21.5 Å². The van der Waals surface area contributed by atoms with Crippen LogP contribution >= 0.6 is 0 Å². The average molecular weight is 385 g/mol. The number of nitriles is 1. The van der Waals surface area contributed by atoms with Crippen molar-refractivity contribution in [1.82, 2.24) is 14.6 Å². The highest BCUT2D eigenvalue weighted by Crippen LogP contribution is 2.32. The van der Waals surface area contributed by atoms with Crippen molar-refractivity contribution in [3.63, 3.8) is 0 Å². The molecule has 1 aliphatic heterocycles. The van der Waals surface area contributed by atoms with Gasteiger partial charge in [0.1, 0.15) is 17.5 Å². The number of anilines is 1. The molecular weight excluding hydrogens is 370 g/mol. The van der Waals surface area contributed by atoms with Gasteiger partial charge in [-0.15, -0.1) is 0 Å². The molecule has 9 nitrogen and oxygen atoms in total. The molecule has 27 heavy (non-hydrogen) atoms. The molecule has 1 aromatic carbocycles. The zero-order valence-corrected chi connectivity index (χ0v) is 15.2. The van der Waals surface area contributed by atoms with Crippen molar-refractivity contribution in [3.8, 4) is 17.6 Å². The zero-order chi connectivity index (χ0) is 19.0. The van der Waals surface area contributed by atoms with Crippen molar-refractivity contribution in [2.24, 2.45) is 0 Å². The lowest BCUT2D eigenvalue weighted by Gasteiger charge is -2.12. The molecule has 3 heterocycles. The summed E-state index contributed by atoms with van der Waals surface area (Å²) in [7, 11) is -3.92. The molecule has 0 aliphatic carbocycles. The maximum absolute atomic E-state index is 12.9. The van der Waals surface area contributed by atoms with Crippen molar-refractivity contribution in [2.45, 2.75) is 18.2 Å². The molecule has 0 amide bonds. The van der Waals surface area contributed by atoms with Gasteiger partial charge in [-0.25, -0.2) is 13.4 Å².